The number of thiophene rings is 1. The average molecular weight is 270 g/mol. The van der Waals surface area contributed by atoms with Gasteiger partial charge >= 0.3 is 0 Å². The minimum absolute atomic E-state index is 0.582. The van der Waals surface area contributed by atoms with Crippen LogP contribution in [0.3, 0.4) is 0 Å². The van der Waals surface area contributed by atoms with Crippen LogP contribution in [0, 0.1) is 20.8 Å². The molecule has 0 aliphatic heterocycles. The summed E-state index contributed by atoms with van der Waals surface area (Å²) in [4.78, 5) is 6.77. The van der Waals surface area contributed by atoms with Crippen LogP contribution in [0.2, 0.25) is 0 Å². The summed E-state index contributed by atoms with van der Waals surface area (Å²) in [5.41, 5.74) is 3.38. The van der Waals surface area contributed by atoms with Gasteiger partial charge in [0.25, 0.3) is 5.89 Å². The first-order chi connectivity index (χ1) is 9.13. The fraction of sp³-hybridized carbons (Fsp3) is 0.200. The normalized spacial score (nSPS) is 10.9. The first-order valence-corrected chi connectivity index (χ1v) is 6.93. The van der Waals surface area contributed by atoms with Gasteiger partial charge < -0.3 is 4.52 Å². The number of benzene rings is 1. The van der Waals surface area contributed by atoms with Crippen molar-refractivity contribution in [2.24, 2.45) is 0 Å². The summed E-state index contributed by atoms with van der Waals surface area (Å²) in [7, 11) is 0. The lowest BCUT2D eigenvalue weighted by Gasteiger charge is -2.01. The van der Waals surface area contributed by atoms with Gasteiger partial charge in [0.1, 0.15) is 0 Å². The highest BCUT2D eigenvalue weighted by atomic mass is 32.1. The molecule has 0 spiro atoms. The molecule has 19 heavy (non-hydrogen) atoms. The van der Waals surface area contributed by atoms with Crippen LogP contribution < -0.4 is 0 Å². The Balaban J connectivity index is 2.01. The van der Waals surface area contributed by atoms with Crippen molar-refractivity contribution in [3.63, 3.8) is 0 Å². The minimum Gasteiger partial charge on any atom is -0.334 e. The quantitative estimate of drug-likeness (QED) is 0.693. The fourth-order valence-corrected chi connectivity index (χ4v) is 2.83. The van der Waals surface area contributed by atoms with Crippen LogP contribution >= 0.6 is 11.3 Å². The second-order valence-corrected chi connectivity index (χ2v) is 5.94. The summed E-state index contributed by atoms with van der Waals surface area (Å²) >= 11 is 1.67. The lowest BCUT2D eigenvalue weighted by molar-refractivity contribution is 0.432. The molecule has 3 aromatic rings. The molecule has 2 aromatic heterocycles. The molecule has 4 heteroatoms. The van der Waals surface area contributed by atoms with Gasteiger partial charge in [0.2, 0.25) is 5.82 Å². The molecule has 0 aliphatic rings. The lowest BCUT2D eigenvalue weighted by atomic mass is 10.1. The van der Waals surface area contributed by atoms with E-state index >= 15 is 0 Å². The van der Waals surface area contributed by atoms with Crippen LogP contribution in [-0.2, 0) is 0 Å². The molecular weight excluding hydrogens is 256 g/mol. The average Bonchev–Trinajstić information content (AvgIpc) is 2.97. The highest BCUT2D eigenvalue weighted by molar-refractivity contribution is 7.15. The molecule has 0 aliphatic carbocycles. The molecule has 3 nitrogen and oxygen atoms in total. The van der Waals surface area contributed by atoms with E-state index in [1.54, 1.807) is 11.3 Å². The lowest BCUT2D eigenvalue weighted by Crippen LogP contribution is -1.84. The Morgan fingerprint density at radius 3 is 2.58 bits per heavy atom. The van der Waals surface area contributed by atoms with E-state index in [1.807, 2.05) is 12.1 Å². The topological polar surface area (TPSA) is 38.9 Å². The zero-order valence-corrected chi connectivity index (χ0v) is 11.9. The number of aryl methyl sites for hydroxylation is 3. The highest BCUT2D eigenvalue weighted by Crippen LogP contribution is 2.28. The van der Waals surface area contributed by atoms with Gasteiger partial charge in [-0.1, -0.05) is 22.9 Å². The maximum atomic E-state index is 5.38. The van der Waals surface area contributed by atoms with Gasteiger partial charge in [0.15, 0.2) is 0 Å². The summed E-state index contributed by atoms with van der Waals surface area (Å²) in [6.45, 7) is 6.20. The summed E-state index contributed by atoms with van der Waals surface area (Å²) in [5, 5.41) is 4.06. The molecule has 0 saturated carbocycles. The third-order valence-electron chi connectivity index (χ3n) is 3.00. The predicted octanol–water partition coefficient (Wildman–Crippen LogP) is 4.39. The van der Waals surface area contributed by atoms with Gasteiger partial charge in [0.05, 0.1) is 4.88 Å². The van der Waals surface area contributed by atoms with E-state index in [9.17, 15) is 0 Å². The zero-order chi connectivity index (χ0) is 13.4. The smallest absolute Gasteiger partial charge is 0.258 e. The van der Waals surface area contributed by atoms with E-state index in [0.717, 1.165) is 16.0 Å². The fourth-order valence-electron chi connectivity index (χ4n) is 2.04. The van der Waals surface area contributed by atoms with E-state index in [0.29, 0.717) is 11.7 Å². The van der Waals surface area contributed by atoms with Crippen molar-refractivity contribution in [2.75, 3.05) is 0 Å². The molecule has 0 bridgehead atoms. The van der Waals surface area contributed by atoms with Gasteiger partial charge in [-0.05, 0) is 44.5 Å². The molecule has 0 atom stereocenters. The van der Waals surface area contributed by atoms with Crippen molar-refractivity contribution in [2.45, 2.75) is 20.8 Å². The molecule has 3 rings (SSSR count). The maximum Gasteiger partial charge on any atom is 0.258 e. The summed E-state index contributed by atoms with van der Waals surface area (Å²) in [5.74, 6) is 1.24. The highest BCUT2D eigenvalue weighted by Gasteiger charge is 2.13. The molecule has 0 saturated heterocycles. The van der Waals surface area contributed by atoms with Crippen molar-refractivity contribution in [3.8, 4) is 22.2 Å². The third kappa shape index (κ3) is 2.31. The summed E-state index contributed by atoms with van der Waals surface area (Å²) < 4.78 is 5.38. The van der Waals surface area contributed by atoms with Gasteiger partial charge in [0, 0.05) is 10.4 Å². The van der Waals surface area contributed by atoms with Gasteiger partial charge in [-0.2, -0.15) is 4.98 Å². The molecule has 0 unspecified atom stereocenters. The number of hydrogen-bond acceptors (Lipinski definition) is 4. The monoisotopic (exact) mass is 270 g/mol. The molecule has 0 N–H and O–H groups in total. The SMILES string of the molecule is Cc1ccc(-c2nc(-c3ccc(C)s3)no2)c(C)c1. The molecule has 0 amide bonds. The molecular formula is C15H14N2OS. The Bertz CT molecular complexity index is 727. The standard InChI is InChI=1S/C15H14N2OS/c1-9-4-6-12(10(2)8-9)15-16-14(17-18-15)13-7-5-11(3)19-13/h4-8H,1-3H3. The Hall–Kier alpha value is -1.94. The third-order valence-corrected chi connectivity index (χ3v) is 4.00. The number of nitrogens with zero attached hydrogens (tertiary/aromatic N) is 2. The first kappa shape index (κ1) is 12.1. The van der Waals surface area contributed by atoms with Gasteiger partial charge in [-0.3, -0.25) is 0 Å². The summed E-state index contributed by atoms with van der Waals surface area (Å²) in [6, 6.07) is 10.3. The first-order valence-electron chi connectivity index (χ1n) is 6.11. The molecule has 0 fully saturated rings. The number of hydrogen-bond donors (Lipinski definition) is 0. The Morgan fingerprint density at radius 1 is 1.05 bits per heavy atom. The van der Waals surface area contributed by atoms with Crippen LogP contribution in [0.1, 0.15) is 16.0 Å². The second-order valence-electron chi connectivity index (χ2n) is 4.65. The van der Waals surface area contributed by atoms with Crippen molar-refractivity contribution >= 4 is 11.3 Å². The zero-order valence-electron chi connectivity index (χ0n) is 11.1. The predicted molar refractivity (Wildman–Crippen MR) is 77.3 cm³/mol. The van der Waals surface area contributed by atoms with Crippen LogP contribution in [0.15, 0.2) is 34.9 Å². The number of aromatic nitrogens is 2. The van der Waals surface area contributed by atoms with Crippen molar-refractivity contribution in [3.05, 3.63) is 46.3 Å². The van der Waals surface area contributed by atoms with Crippen LogP contribution in [0.4, 0.5) is 0 Å². The van der Waals surface area contributed by atoms with E-state index in [2.05, 4.69) is 49.1 Å². The van der Waals surface area contributed by atoms with Crippen LogP contribution in [0.25, 0.3) is 22.2 Å². The van der Waals surface area contributed by atoms with Crippen molar-refractivity contribution in [1.82, 2.24) is 10.1 Å². The summed E-state index contributed by atoms with van der Waals surface area (Å²) in [6.07, 6.45) is 0. The van der Waals surface area contributed by atoms with Gasteiger partial charge in [-0.25, -0.2) is 0 Å². The molecule has 2 heterocycles. The second kappa shape index (κ2) is 4.63. The molecule has 0 radical (unpaired) electrons. The Labute approximate surface area is 115 Å². The number of rotatable bonds is 2. The van der Waals surface area contributed by atoms with E-state index in [1.165, 1.54) is 10.4 Å². The van der Waals surface area contributed by atoms with E-state index < -0.39 is 0 Å². The largest absolute Gasteiger partial charge is 0.334 e. The molecule has 1 aromatic carbocycles. The maximum absolute atomic E-state index is 5.38. The van der Waals surface area contributed by atoms with Crippen molar-refractivity contribution < 1.29 is 4.52 Å². The molecule has 96 valence electrons. The van der Waals surface area contributed by atoms with Crippen LogP contribution in [0.5, 0.6) is 0 Å². The van der Waals surface area contributed by atoms with E-state index in [4.69, 9.17) is 4.52 Å². The Morgan fingerprint density at radius 2 is 1.89 bits per heavy atom. The van der Waals surface area contributed by atoms with E-state index in [-0.39, 0.29) is 0 Å². The van der Waals surface area contributed by atoms with Gasteiger partial charge in [-0.15, -0.1) is 11.3 Å². The van der Waals surface area contributed by atoms with Crippen molar-refractivity contribution in [1.29, 1.82) is 0 Å². The van der Waals surface area contributed by atoms with Crippen LogP contribution in [-0.4, -0.2) is 10.1 Å². The minimum atomic E-state index is 0.582. The Kier molecular flexibility index (Phi) is 2.95.